The largest absolute Gasteiger partial charge is 0.300 e. The van der Waals surface area contributed by atoms with Crippen molar-refractivity contribution in [3.8, 4) is 0 Å². The first-order valence-corrected chi connectivity index (χ1v) is 8.97. The Bertz CT molecular complexity index is 474. The van der Waals surface area contributed by atoms with E-state index in [1.54, 1.807) is 0 Å². The Labute approximate surface area is 135 Å². The molecule has 4 atom stereocenters. The van der Waals surface area contributed by atoms with Gasteiger partial charge in [-0.3, -0.25) is 9.59 Å². The topological polar surface area (TPSA) is 34.1 Å². The van der Waals surface area contributed by atoms with E-state index in [0.29, 0.717) is 48.1 Å². The number of allylic oxidation sites excluding steroid dienone is 2. The molecule has 0 aromatic rings. The summed E-state index contributed by atoms with van der Waals surface area (Å²) in [7, 11) is 0. The highest BCUT2D eigenvalue weighted by Gasteiger charge is 2.50. The van der Waals surface area contributed by atoms with Crippen LogP contribution in [0.25, 0.3) is 0 Å². The Hall–Kier alpha value is -0.920. The summed E-state index contributed by atoms with van der Waals surface area (Å²) < 4.78 is 0. The minimum absolute atomic E-state index is 0.183. The summed E-state index contributed by atoms with van der Waals surface area (Å²) >= 11 is 0. The van der Waals surface area contributed by atoms with Crippen LogP contribution in [0.2, 0.25) is 0 Å². The number of hydrogen-bond acceptors (Lipinski definition) is 2. The van der Waals surface area contributed by atoms with Crippen molar-refractivity contribution < 1.29 is 9.59 Å². The molecule has 2 heteroatoms. The standard InChI is InChI=1S/C20H32O2/c1-13(2)10-16(21)12-15(4)17-8-9-20(5)18(17)7-6-14(3)11-19(20)22/h11,13,15,17-18H,6-10,12H2,1-5H3/t15-,17-,18-,20-/m1/s1. The summed E-state index contributed by atoms with van der Waals surface area (Å²) in [5, 5.41) is 0. The fourth-order valence-corrected chi connectivity index (χ4v) is 4.74. The molecule has 0 N–H and O–H groups in total. The highest BCUT2D eigenvalue weighted by molar-refractivity contribution is 5.96. The highest BCUT2D eigenvalue weighted by Crippen LogP contribution is 2.54. The lowest BCUT2D eigenvalue weighted by Crippen LogP contribution is -2.33. The minimum atomic E-state index is -0.183. The summed E-state index contributed by atoms with van der Waals surface area (Å²) in [6, 6.07) is 0. The van der Waals surface area contributed by atoms with Crippen LogP contribution in [-0.4, -0.2) is 11.6 Å². The molecule has 2 rings (SSSR count). The van der Waals surface area contributed by atoms with Crippen LogP contribution >= 0.6 is 0 Å². The molecule has 0 aromatic carbocycles. The van der Waals surface area contributed by atoms with Gasteiger partial charge in [-0.2, -0.15) is 0 Å². The monoisotopic (exact) mass is 304 g/mol. The van der Waals surface area contributed by atoms with Gasteiger partial charge in [-0.05, 0) is 62.4 Å². The zero-order chi connectivity index (χ0) is 16.5. The van der Waals surface area contributed by atoms with E-state index in [9.17, 15) is 9.59 Å². The van der Waals surface area contributed by atoms with Gasteiger partial charge in [0.15, 0.2) is 5.78 Å². The zero-order valence-corrected chi connectivity index (χ0v) is 14.9. The van der Waals surface area contributed by atoms with E-state index in [1.807, 2.05) is 6.08 Å². The van der Waals surface area contributed by atoms with E-state index in [1.165, 1.54) is 5.57 Å². The SMILES string of the molecule is CC1=CC(=O)[C@]2(C)CC[C@H]([C@H](C)CC(=O)CC(C)C)[C@H]2CC1. The summed E-state index contributed by atoms with van der Waals surface area (Å²) in [5.74, 6) is 2.56. The van der Waals surface area contributed by atoms with Crippen molar-refractivity contribution in [2.24, 2.45) is 29.1 Å². The number of carbonyl (C=O) groups excluding carboxylic acids is 2. The third-order valence-corrected chi connectivity index (χ3v) is 6.04. The molecule has 0 aliphatic heterocycles. The lowest BCUT2D eigenvalue weighted by atomic mass is 9.70. The van der Waals surface area contributed by atoms with Gasteiger partial charge in [0.25, 0.3) is 0 Å². The first-order valence-electron chi connectivity index (χ1n) is 8.97. The van der Waals surface area contributed by atoms with Crippen molar-refractivity contribution in [3.05, 3.63) is 11.6 Å². The highest BCUT2D eigenvalue weighted by atomic mass is 16.1. The smallest absolute Gasteiger partial charge is 0.161 e. The molecule has 1 fully saturated rings. The molecule has 0 saturated heterocycles. The average molecular weight is 304 g/mol. The van der Waals surface area contributed by atoms with Gasteiger partial charge in [0.2, 0.25) is 0 Å². The van der Waals surface area contributed by atoms with Crippen LogP contribution in [0, 0.1) is 29.1 Å². The third kappa shape index (κ3) is 3.52. The molecule has 0 radical (unpaired) electrons. The maximum Gasteiger partial charge on any atom is 0.161 e. The Morgan fingerprint density at radius 2 is 1.95 bits per heavy atom. The van der Waals surface area contributed by atoms with Crippen LogP contribution in [0.5, 0.6) is 0 Å². The molecule has 0 aromatic heterocycles. The van der Waals surface area contributed by atoms with Gasteiger partial charge in [0, 0.05) is 18.3 Å². The molecule has 0 spiro atoms. The van der Waals surface area contributed by atoms with E-state index in [0.717, 1.165) is 25.7 Å². The molecule has 22 heavy (non-hydrogen) atoms. The second kappa shape index (κ2) is 6.68. The average Bonchev–Trinajstić information content (AvgIpc) is 2.68. The number of rotatable bonds is 5. The van der Waals surface area contributed by atoms with Gasteiger partial charge in [-0.25, -0.2) is 0 Å². The summed E-state index contributed by atoms with van der Waals surface area (Å²) in [5.41, 5.74) is 1.04. The Morgan fingerprint density at radius 1 is 1.27 bits per heavy atom. The number of fused-ring (bicyclic) bond motifs is 1. The molecule has 2 nitrogen and oxygen atoms in total. The number of hydrogen-bond donors (Lipinski definition) is 0. The van der Waals surface area contributed by atoms with Crippen LogP contribution in [0.1, 0.15) is 73.1 Å². The van der Waals surface area contributed by atoms with Crippen molar-refractivity contribution in [2.45, 2.75) is 73.1 Å². The molecule has 0 heterocycles. The third-order valence-electron chi connectivity index (χ3n) is 6.04. The first-order chi connectivity index (χ1) is 10.2. The van der Waals surface area contributed by atoms with E-state index in [2.05, 4.69) is 34.6 Å². The van der Waals surface area contributed by atoms with Crippen molar-refractivity contribution in [1.82, 2.24) is 0 Å². The minimum Gasteiger partial charge on any atom is -0.300 e. The molecule has 0 amide bonds. The Morgan fingerprint density at radius 3 is 2.59 bits per heavy atom. The summed E-state index contributed by atoms with van der Waals surface area (Å²) in [6.45, 7) is 10.7. The normalized spacial score (nSPS) is 33.4. The maximum atomic E-state index is 12.6. The van der Waals surface area contributed by atoms with Crippen molar-refractivity contribution in [3.63, 3.8) is 0 Å². The van der Waals surface area contributed by atoms with Crippen molar-refractivity contribution in [1.29, 1.82) is 0 Å². The molecule has 2 aliphatic rings. The summed E-state index contributed by atoms with van der Waals surface area (Å²) in [4.78, 5) is 24.8. The van der Waals surface area contributed by atoms with Crippen LogP contribution in [0.15, 0.2) is 11.6 Å². The van der Waals surface area contributed by atoms with Gasteiger partial charge >= 0.3 is 0 Å². The number of ketones is 2. The Kier molecular flexibility index (Phi) is 5.29. The molecular formula is C20H32O2. The number of carbonyl (C=O) groups is 2. The van der Waals surface area contributed by atoms with Crippen LogP contribution in [0.4, 0.5) is 0 Å². The lowest BCUT2D eigenvalue weighted by Gasteiger charge is -2.33. The predicted molar refractivity (Wildman–Crippen MR) is 90.6 cm³/mol. The number of Topliss-reactive ketones (excluding diaryl/α,β-unsaturated/α-hetero) is 1. The predicted octanol–water partition coefficient (Wildman–Crippen LogP) is 4.97. The van der Waals surface area contributed by atoms with Gasteiger partial charge < -0.3 is 0 Å². The second-order valence-corrected chi connectivity index (χ2v) is 8.44. The summed E-state index contributed by atoms with van der Waals surface area (Å²) in [6.07, 6.45) is 7.52. The van der Waals surface area contributed by atoms with Crippen LogP contribution in [0.3, 0.4) is 0 Å². The first kappa shape index (κ1) is 17.4. The Balaban J connectivity index is 2.08. The lowest BCUT2D eigenvalue weighted by molar-refractivity contribution is -0.125. The van der Waals surface area contributed by atoms with Crippen LogP contribution in [-0.2, 0) is 9.59 Å². The van der Waals surface area contributed by atoms with Gasteiger partial charge in [0.05, 0.1) is 0 Å². The van der Waals surface area contributed by atoms with Gasteiger partial charge in [-0.1, -0.05) is 33.3 Å². The molecule has 0 bridgehead atoms. The van der Waals surface area contributed by atoms with E-state index in [4.69, 9.17) is 0 Å². The van der Waals surface area contributed by atoms with E-state index in [-0.39, 0.29) is 5.41 Å². The van der Waals surface area contributed by atoms with Crippen LogP contribution < -0.4 is 0 Å². The van der Waals surface area contributed by atoms with E-state index >= 15 is 0 Å². The molecule has 124 valence electrons. The fourth-order valence-electron chi connectivity index (χ4n) is 4.74. The van der Waals surface area contributed by atoms with Crippen molar-refractivity contribution in [2.75, 3.05) is 0 Å². The quantitative estimate of drug-likeness (QED) is 0.718. The van der Waals surface area contributed by atoms with Gasteiger partial charge in [0.1, 0.15) is 5.78 Å². The molecule has 2 aliphatic carbocycles. The molecule has 1 saturated carbocycles. The maximum absolute atomic E-state index is 12.6. The zero-order valence-electron chi connectivity index (χ0n) is 14.9. The molecule has 0 unspecified atom stereocenters. The van der Waals surface area contributed by atoms with Gasteiger partial charge in [-0.15, -0.1) is 0 Å². The fraction of sp³-hybridized carbons (Fsp3) is 0.800. The van der Waals surface area contributed by atoms with E-state index < -0.39 is 0 Å². The molecular weight excluding hydrogens is 272 g/mol. The second-order valence-electron chi connectivity index (χ2n) is 8.44. The van der Waals surface area contributed by atoms with Crippen molar-refractivity contribution >= 4 is 11.6 Å².